The molecule has 0 heterocycles. The van der Waals surface area contributed by atoms with Gasteiger partial charge in [0.1, 0.15) is 0 Å². The average Bonchev–Trinajstić information content (AvgIpc) is 2.48. The molecular weight excluding hydrogens is 288 g/mol. The molecule has 0 radical (unpaired) electrons. The quantitative estimate of drug-likeness (QED) is 0.461. The van der Waals surface area contributed by atoms with Gasteiger partial charge in [0.15, 0.2) is 0 Å². The molecule has 0 aliphatic rings. The van der Waals surface area contributed by atoms with Gasteiger partial charge in [0.2, 0.25) is 0 Å². The van der Waals surface area contributed by atoms with Gasteiger partial charge in [-0.2, -0.15) is 0 Å². The third kappa shape index (κ3) is 11.8. The summed E-state index contributed by atoms with van der Waals surface area (Å²) in [6.45, 7) is 11.5. The van der Waals surface area contributed by atoms with E-state index in [1.54, 1.807) is 0 Å². The van der Waals surface area contributed by atoms with Crippen LogP contribution in [0, 0.1) is 0 Å². The van der Waals surface area contributed by atoms with Crippen LogP contribution >= 0.6 is 0 Å². The molecule has 0 aromatic heterocycles. The third-order valence-corrected chi connectivity index (χ3v) is 6.14. The topological polar surface area (TPSA) is 36.9 Å². The minimum Gasteiger partial charge on any atom is -0.394 e. The normalized spacial score (nSPS) is 12.1. The summed E-state index contributed by atoms with van der Waals surface area (Å²) in [6, 6.07) is 0. The minimum atomic E-state index is -1.70. The first kappa shape index (κ1) is 20.0. The summed E-state index contributed by atoms with van der Waals surface area (Å²) >= 11 is 0. The molecule has 0 bridgehead atoms. The summed E-state index contributed by atoms with van der Waals surface area (Å²) in [7, 11) is -3.40. The maximum Gasteiger partial charge on any atom is 0.347 e. The van der Waals surface area contributed by atoms with Gasteiger partial charge in [0.05, 0.1) is 0 Å². The fraction of sp³-hybridized carbons (Fsp3) is 0.857. The van der Waals surface area contributed by atoms with E-state index in [-0.39, 0.29) is 0 Å². The van der Waals surface area contributed by atoms with Crippen molar-refractivity contribution in [3.05, 3.63) is 11.4 Å². The van der Waals surface area contributed by atoms with E-state index < -0.39 is 18.6 Å². The van der Waals surface area contributed by atoms with Crippen LogP contribution in [0.2, 0.25) is 0 Å². The van der Waals surface area contributed by atoms with Gasteiger partial charge >= 0.3 is 18.6 Å². The highest BCUT2D eigenvalue weighted by Gasteiger charge is 2.13. The molecule has 6 heteroatoms. The largest absolute Gasteiger partial charge is 0.394 e. The van der Waals surface area contributed by atoms with Crippen LogP contribution in [-0.4, -0.2) is 45.0 Å². The minimum absolute atomic E-state index is 0.767. The highest BCUT2D eigenvalue weighted by molar-refractivity contribution is 6.57. The van der Waals surface area contributed by atoms with Crippen molar-refractivity contribution in [2.24, 2.45) is 0 Å². The van der Waals surface area contributed by atoms with Gasteiger partial charge in [0, 0.05) is 26.4 Å². The Hall–Kier alpha value is 0.0138. The summed E-state index contributed by atoms with van der Waals surface area (Å²) in [4.78, 5) is 0. The number of rotatable bonds is 14. The molecule has 0 spiro atoms. The SMILES string of the molecule is CCCO[SiH](C=C[SiH](OCCC)OCCC)OCCC. The molecule has 0 unspecified atom stereocenters. The van der Waals surface area contributed by atoms with E-state index in [4.69, 9.17) is 17.7 Å². The lowest BCUT2D eigenvalue weighted by Crippen LogP contribution is -2.26. The standard InChI is InChI=1S/C14H32O4Si2/c1-5-9-15-19(16-10-6-2)13-14-20(17-11-7-3)18-12-8-4/h13-14,19-20H,5-12H2,1-4H3. The Balaban J connectivity index is 4.30. The van der Waals surface area contributed by atoms with E-state index in [0.29, 0.717) is 0 Å². The lowest BCUT2D eigenvalue weighted by atomic mass is 10.5. The van der Waals surface area contributed by atoms with E-state index in [1.165, 1.54) is 0 Å². The summed E-state index contributed by atoms with van der Waals surface area (Å²) in [6.07, 6.45) is 4.08. The van der Waals surface area contributed by atoms with Crippen molar-refractivity contribution in [3.8, 4) is 0 Å². The second-order valence-corrected chi connectivity index (χ2v) is 8.18. The lowest BCUT2D eigenvalue weighted by molar-refractivity contribution is 0.202. The molecule has 120 valence electrons. The van der Waals surface area contributed by atoms with Gasteiger partial charge in [-0.3, -0.25) is 0 Å². The molecule has 0 fully saturated rings. The Labute approximate surface area is 128 Å². The van der Waals surface area contributed by atoms with Gasteiger partial charge in [-0.1, -0.05) is 27.7 Å². The van der Waals surface area contributed by atoms with Gasteiger partial charge in [-0.25, -0.2) is 0 Å². The van der Waals surface area contributed by atoms with Gasteiger partial charge in [-0.15, -0.1) is 0 Å². The van der Waals surface area contributed by atoms with E-state index in [1.807, 2.05) is 0 Å². The summed E-state index contributed by atoms with van der Waals surface area (Å²) < 4.78 is 23.2. The Morgan fingerprint density at radius 3 is 1.00 bits per heavy atom. The van der Waals surface area contributed by atoms with Crippen molar-refractivity contribution in [2.75, 3.05) is 26.4 Å². The Morgan fingerprint density at radius 2 is 0.800 bits per heavy atom. The van der Waals surface area contributed by atoms with Crippen LogP contribution in [0.3, 0.4) is 0 Å². The van der Waals surface area contributed by atoms with Gasteiger partial charge in [-0.05, 0) is 37.1 Å². The summed E-state index contributed by atoms with van der Waals surface area (Å²) in [5, 5.41) is 0. The Kier molecular flexibility index (Phi) is 15.4. The predicted octanol–water partition coefficient (Wildman–Crippen LogP) is 2.77. The van der Waals surface area contributed by atoms with Crippen molar-refractivity contribution < 1.29 is 17.7 Å². The lowest BCUT2D eigenvalue weighted by Gasteiger charge is -2.15. The first-order valence-corrected chi connectivity index (χ1v) is 11.1. The summed E-state index contributed by atoms with van der Waals surface area (Å²) in [5.74, 6) is 0. The first-order chi connectivity index (χ1) is 9.78. The van der Waals surface area contributed by atoms with E-state index >= 15 is 0 Å². The molecule has 0 N–H and O–H groups in total. The van der Waals surface area contributed by atoms with Crippen LogP contribution in [0.4, 0.5) is 0 Å². The zero-order chi connectivity index (χ0) is 15.1. The molecule has 0 saturated carbocycles. The fourth-order valence-corrected chi connectivity index (χ4v) is 5.40. The fourth-order valence-electron chi connectivity index (χ4n) is 1.44. The molecule has 4 nitrogen and oxygen atoms in total. The van der Waals surface area contributed by atoms with Crippen molar-refractivity contribution in [2.45, 2.75) is 53.4 Å². The van der Waals surface area contributed by atoms with E-state index in [9.17, 15) is 0 Å². The van der Waals surface area contributed by atoms with Crippen molar-refractivity contribution in [3.63, 3.8) is 0 Å². The number of hydrogen-bond acceptors (Lipinski definition) is 4. The number of hydrogen-bond donors (Lipinski definition) is 0. The van der Waals surface area contributed by atoms with Crippen LogP contribution in [0.25, 0.3) is 0 Å². The highest BCUT2D eigenvalue weighted by atomic mass is 28.3. The second kappa shape index (κ2) is 15.4. The third-order valence-electron chi connectivity index (χ3n) is 2.37. The van der Waals surface area contributed by atoms with Crippen LogP contribution in [-0.2, 0) is 17.7 Å². The van der Waals surface area contributed by atoms with Crippen molar-refractivity contribution >= 4 is 18.6 Å². The van der Waals surface area contributed by atoms with Crippen molar-refractivity contribution in [1.29, 1.82) is 0 Å². The van der Waals surface area contributed by atoms with Crippen molar-refractivity contribution in [1.82, 2.24) is 0 Å². The molecule has 0 aliphatic carbocycles. The highest BCUT2D eigenvalue weighted by Crippen LogP contribution is 2.00. The Bertz CT molecular complexity index is 189. The summed E-state index contributed by atoms with van der Waals surface area (Å²) in [5.41, 5.74) is 4.18. The van der Waals surface area contributed by atoms with Gasteiger partial charge < -0.3 is 17.7 Å². The molecule has 0 amide bonds. The monoisotopic (exact) mass is 320 g/mol. The molecule has 20 heavy (non-hydrogen) atoms. The average molecular weight is 321 g/mol. The van der Waals surface area contributed by atoms with E-state index in [2.05, 4.69) is 39.1 Å². The van der Waals surface area contributed by atoms with Crippen LogP contribution < -0.4 is 0 Å². The molecule has 0 aromatic rings. The van der Waals surface area contributed by atoms with Crippen LogP contribution in [0.15, 0.2) is 11.4 Å². The van der Waals surface area contributed by atoms with Crippen LogP contribution in [0.5, 0.6) is 0 Å². The Morgan fingerprint density at radius 1 is 0.550 bits per heavy atom. The smallest absolute Gasteiger partial charge is 0.347 e. The van der Waals surface area contributed by atoms with E-state index in [0.717, 1.165) is 52.1 Å². The zero-order valence-electron chi connectivity index (χ0n) is 13.6. The molecule has 0 saturated heterocycles. The molecule has 0 rings (SSSR count). The van der Waals surface area contributed by atoms with Gasteiger partial charge in [0.25, 0.3) is 0 Å². The maximum atomic E-state index is 5.79. The maximum absolute atomic E-state index is 5.79. The van der Waals surface area contributed by atoms with Crippen LogP contribution in [0.1, 0.15) is 53.4 Å². The molecule has 0 aromatic carbocycles. The molecule has 0 atom stereocenters. The molecular formula is C14H32O4Si2. The zero-order valence-corrected chi connectivity index (χ0v) is 15.9. The first-order valence-electron chi connectivity index (χ1n) is 7.93. The second-order valence-electron chi connectivity index (χ2n) is 4.60. The molecule has 0 aliphatic heterocycles. The predicted molar refractivity (Wildman–Crippen MR) is 88.4 cm³/mol.